The maximum atomic E-state index is 3.78. The fourth-order valence-corrected chi connectivity index (χ4v) is 5.40. The lowest BCUT2D eigenvalue weighted by Gasteiger charge is -2.59. The van der Waals surface area contributed by atoms with E-state index in [1.54, 1.807) is 0 Å². The minimum Gasteiger partial charge on any atom is -0.314 e. The van der Waals surface area contributed by atoms with E-state index in [9.17, 15) is 0 Å². The molecule has 1 nitrogen and oxygen atoms in total. The molecule has 120 valence electrons. The maximum Gasteiger partial charge on any atom is 0.00480 e. The molecule has 1 heteroatoms. The van der Waals surface area contributed by atoms with Crippen molar-refractivity contribution in [1.82, 2.24) is 5.32 Å². The molecule has 3 aliphatic carbocycles. The van der Waals surface area contributed by atoms with Crippen LogP contribution in [-0.2, 0) is 0 Å². The average Bonchev–Trinajstić information content (AvgIpc) is 2.70. The van der Waals surface area contributed by atoms with Crippen LogP contribution in [-0.4, -0.2) is 12.6 Å². The van der Waals surface area contributed by atoms with Crippen molar-refractivity contribution in [1.29, 1.82) is 0 Å². The molecule has 0 heterocycles. The molecule has 0 saturated heterocycles. The molecular formula is C20H35N. The van der Waals surface area contributed by atoms with E-state index < -0.39 is 0 Å². The highest BCUT2D eigenvalue weighted by Gasteiger charge is 2.54. The third-order valence-electron chi connectivity index (χ3n) is 6.41. The van der Waals surface area contributed by atoms with Gasteiger partial charge in [-0.15, -0.1) is 0 Å². The second-order valence-electron chi connectivity index (χ2n) is 8.56. The van der Waals surface area contributed by atoms with E-state index >= 15 is 0 Å². The van der Waals surface area contributed by atoms with Crippen molar-refractivity contribution in [2.24, 2.45) is 10.8 Å². The van der Waals surface area contributed by atoms with Crippen LogP contribution >= 0.6 is 0 Å². The fraction of sp³-hybridized carbons (Fsp3) is 0.900. The van der Waals surface area contributed by atoms with Gasteiger partial charge < -0.3 is 5.32 Å². The van der Waals surface area contributed by atoms with Crippen LogP contribution in [0.1, 0.15) is 90.9 Å². The number of hydrogen-bond acceptors (Lipinski definition) is 1. The van der Waals surface area contributed by atoms with Gasteiger partial charge in [-0.1, -0.05) is 51.2 Å². The van der Waals surface area contributed by atoms with E-state index in [-0.39, 0.29) is 0 Å². The third-order valence-corrected chi connectivity index (χ3v) is 6.41. The summed E-state index contributed by atoms with van der Waals surface area (Å²) >= 11 is 0. The summed E-state index contributed by atoms with van der Waals surface area (Å²) < 4.78 is 0. The lowest BCUT2D eigenvalue weighted by atomic mass is 9.47. The first-order valence-electron chi connectivity index (χ1n) is 9.57. The molecule has 1 spiro atoms. The first-order valence-corrected chi connectivity index (χ1v) is 9.57. The molecule has 0 aromatic heterocycles. The SMILES string of the molecule is CC(C)NCC1(C2=CCCCC2)CC2(CCCCCC2)C1. The molecule has 3 aliphatic rings. The minimum absolute atomic E-state index is 0.537. The Hall–Kier alpha value is -0.300. The van der Waals surface area contributed by atoms with Gasteiger partial charge in [0.15, 0.2) is 0 Å². The molecule has 0 amide bonds. The summed E-state index contributed by atoms with van der Waals surface area (Å²) in [5.41, 5.74) is 3.10. The Morgan fingerprint density at radius 3 is 2.29 bits per heavy atom. The predicted octanol–water partition coefficient (Wildman–Crippen LogP) is 5.61. The van der Waals surface area contributed by atoms with Gasteiger partial charge in [0, 0.05) is 18.0 Å². The highest BCUT2D eigenvalue weighted by atomic mass is 14.9. The third kappa shape index (κ3) is 3.38. The summed E-state index contributed by atoms with van der Waals surface area (Å²) in [5, 5.41) is 3.78. The Balaban J connectivity index is 1.71. The molecule has 0 bridgehead atoms. The van der Waals surface area contributed by atoms with Gasteiger partial charge in [0.1, 0.15) is 0 Å². The lowest BCUT2D eigenvalue weighted by molar-refractivity contribution is -0.0288. The largest absolute Gasteiger partial charge is 0.314 e. The lowest BCUT2D eigenvalue weighted by Crippen LogP contribution is -2.53. The molecule has 0 radical (unpaired) electrons. The summed E-state index contributed by atoms with van der Waals surface area (Å²) in [7, 11) is 0. The first kappa shape index (κ1) is 15.6. The van der Waals surface area contributed by atoms with Crippen molar-refractivity contribution in [3.8, 4) is 0 Å². The van der Waals surface area contributed by atoms with E-state index in [2.05, 4.69) is 25.2 Å². The van der Waals surface area contributed by atoms with Crippen molar-refractivity contribution in [3.63, 3.8) is 0 Å². The molecule has 2 saturated carbocycles. The van der Waals surface area contributed by atoms with Crippen molar-refractivity contribution < 1.29 is 0 Å². The fourth-order valence-electron chi connectivity index (χ4n) is 5.40. The van der Waals surface area contributed by atoms with Gasteiger partial charge in [-0.3, -0.25) is 0 Å². The second kappa shape index (κ2) is 6.44. The van der Waals surface area contributed by atoms with Crippen LogP contribution in [0.15, 0.2) is 11.6 Å². The van der Waals surface area contributed by atoms with Gasteiger partial charge in [-0.25, -0.2) is 0 Å². The average molecular weight is 290 g/mol. The number of allylic oxidation sites excluding steroid dienone is 1. The van der Waals surface area contributed by atoms with Crippen LogP contribution in [0.25, 0.3) is 0 Å². The monoisotopic (exact) mass is 289 g/mol. The van der Waals surface area contributed by atoms with E-state index in [0.29, 0.717) is 11.5 Å². The van der Waals surface area contributed by atoms with Gasteiger partial charge in [0.2, 0.25) is 0 Å². The molecule has 0 aromatic rings. The van der Waals surface area contributed by atoms with Crippen LogP contribution in [0.3, 0.4) is 0 Å². The summed E-state index contributed by atoms with van der Waals surface area (Å²) in [6.45, 7) is 5.82. The number of rotatable bonds is 4. The molecule has 1 N–H and O–H groups in total. The van der Waals surface area contributed by atoms with Gasteiger partial charge >= 0.3 is 0 Å². The summed E-state index contributed by atoms with van der Waals surface area (Å²) in [5.74, 6) is 0. The molecule has 0 atom stereocenters. The molecule has 21 heavy (non-hydrogen) atoms. The highest BCUT2D eigenvalue weighted by Crippen LogP contribution is 2.64. The van der Waals surface area contributed by atoms with Crippen molar-refractivity contribution in [2.75, 3.05) is 6.54 Å². The van der Waals surface area contributed by atoms with Crippen molar-refractivity contribution in [3.05, 3.63) is 11.6 Å². The van der Waals surface area contributed by atoms with Gasteiger partial charge in [-0.2, -0.15) is 0 Å². The Bertz CT molecular complexity index is 363. The molecule has 3 rings (SSSR count). The Kier molecular flexibility index (Phi) is 4.78. The molecular weight excluding hydrogens is 254 g/mol. The second-order valence-corrected chi connectivity index (χ2v) is 8.56. The minimum atomic E-state index is 0.537. The van der Waals surface area contributed by atoms with E-state index in [0.717, 1.165) is 5.41 Å². The quantitative estimate of drug-likeness (QED) is 0.664. The Morgan fingerprint density at radius 1 is 1.00 bits per heavy atom. The Morgan fingerprint density at radius 2 is 1.71 bits per heavy atom. The normalized spacial score (nSPS) is 28.0. The highest BCUT2D eigenvalue weighted by molar-refractivity contribution is 5.25. The molecule has 0 unspecified atom stereocenters. The molecule has 2 fully saturated rings. The van der Waals surface area contributed by atoms with Crippen LogP contribution < -0.4 is 5.32 Å². The van der Waals surface area contributed by atoms with E-state index in [1.165, 1.54) is 83.6 Å². The van der Waals surface area contributed by atoms with Gasteiger partial charge in [0.05, 0.1) is 0 Å². The zero-order valence-corrected chi connectivity index (χ0v) is 14.3. The van der Waals surface area contributed by atoms with Crippen molar-refractivity contribution >= 4 is 0 Å². The number of nitrogens with one attached hydrogen (secondary N) is 1. The smallest absolute Gasteiger partial charge is 0.00480 e. The summed E-state index contributed by atoms with van der Waals surface area (Å²) in [6, 6.07) is 0.622. The van der Waals surface area contributed by atoms with Crippen LogP contribution in [0, 0.1) is 10.8 Å². The van der Waals surface area contributed by atoms with Gasteiger partial charge in [0.25, 0.3) is 0 Å². The number of hydrogen-bond donors (Lipinski definition) is 1. The van der Waals surface area contributed by atoms with E-state index in [4.69, 9.17) is 0 Å². The van der Waals surface area contributed by atoms with Crippen molar-refractivity contribution in [2.45, 2.75) is 96.9 Å². The van der Waals surface area contributed by atoms with Crippen LogP contribution in [0.5, 0.6) is 0 Å². The van der Waals surface area contributed by atoms with E-state index in [1.807, 2.05) is 5.57 Å². The maximum absolute atomic E-state index is 3.78. The van der Waals surface area contributed by atoms with Gasteiger partial charge in [-0.05, 0) is 56.8 Å². The van der Waals surface area contributed by atoms with Crippen LogP contribution in [0.4, 0.5) is 0 Å². The summed E-state index contributed by atoms with van der Waals surface area (Å²) in [4.78, 5) is 0. The zero-order chi connectivity index (χ0) is 14.8. The Labute approximate surface area is 132 Å². The predicted molar refractivity (Wildman–Crippen MR) is 91.5 cm³/mol. The standard InChI is InChI=1S/C20H35N/c1-17(2)21-16-20(18-10-6-5-7-11-18)14-19(15-20)12-8-3-4-9-13-19/h10,17,21H,3-9,11-16H2,1-2H3. The molecule has 0 aliphatic heterocycles. The molecule has 0 aromatic carbocycles. The van der Waals surface area contributed by atoms with Crippen LogP contribution in [0.2, 0.25) is 0 Å². The first-order chi connectivity index (χ1) is 10.1. The summed E-state index contributed by atoms with van der Waals surface area (Å²) in [6.07, 6.45) is 20.2. The zero-order valence-electron chi connectivity index (χ0n) is 14.3. The topological polar surface area (TPSA) is 12.0 Å².